The van der Waals surface area contributed by atoms with Crippen molar-refractivity contribution in [1.82, 2.24) is 9.88 Å². The van der Waals surface area contributed by atoms with Gasteiger partial charge < -0.3 is 9.84 Å². The molecule has 106 valence electrons. The van der Waals surface area contributed by atoms with Crippen molar-refractivity contribution in [1.29, 1.82) is 0 Å². The minimum atomic E-state index is -0.155. The Kier molecular flexibility index (Phi) is 4.42. The molecule has 0 bridgehead atoms. The van der Waals surface area contributed by atoms with E-state index in [4.69, 9.17) is 4.74 Å². The lowest BCUT2D eigenvalue weighted by atomic mass is 9.96. The second-order valence-corrected chi connectivity index (χ2v) is 5.61. The first-order valence-electron chi connectivity index (χ1n) is 6.92. The Balaban J connectivity index is 2.11. The number of rotatable bonds is 3. The number of aliphatic hydroxyl groups is 1. The van der Waals surface area contributed by atoms with Crippen molar-refractivity contribution in [2.45, 2.75) is 39.8 Å². The predicted octanol–water partition coefficient (Wildman–Crippen LogP) is 1.91. The van der Waals surface area contributed by atoms with Crippen LogP contribution >= 0.6 is 0 Å². The van der Waals surface area contributed by atoms with Gasteiger partial charge in [0.15, 0.2) is 0 Å². The molecule has 0 spiro atoms. The molecule has 0 aliphatic carbocycles. The minimum absolute atomic E-state index is 0.155. The Labute approximate surface area is 115 Å². The van der Waals surface area contributed by atoms with Crippen LogP contribution in [0.15, 0.2) is 6.20 Å². The van der Waals surface area contributed by atoms with Gasteiger partial charge in [0.05, 0.1) is 18.9 Å². The van der Waals surface area contributed by atoms with E-state index in [0.717, 1.165) is 48.6 Å². The van der Waals surface area contributed by atoms with Crippen molar-refractivity contribution < 1.29 is 9.84 Å². The molecule has 2 atom stereocenters. The average molecular weight is 264 g/mol. The Morgan fingerprint density at radius 1 is 1.47 bits per heavy atom. The highest BCUT2D eigenvalue weighted by Crippen LogP contribution is 2.26. The molecule has 2 heterocycles. The van der Waals surface area contributed by atoms with E-state index in [1.54, 1.807) is 7.11 Å². The molecule has 2 unspecified atom stereocenters. The fourth-order valence-corrected chi connectivity index (χ4v) is 2.81. The third-order valence-corrected chi connectivity index (χ3v) is 4.07. The topological polar surface area (TPSA) is 45.6 Å². The summed E-state index contributed by atoms with van der Waals surface area (Å²) in [5.41, 5.74) is 3.28. The van der Waals surface area contributed by atoms with Crippen molar-refractivity contribution in [3.63, 3.8) is 0 Å². The Morgan fingerprint density at radius 3 is 2.84 bits per heavy atom. The molecule has 1 aliphatic heterocycles. The van der Waals surface area contributed by atoms with E-state index in [-0.39, 0.29) is 6.10 Å². The monoisotopic (exact) mass is 264 g/mol. The van der Waals surface area contributed by atoms with Crippen LogP contribution in [0.1, 0.15) is 30.2 Å². The fourth-order valence-electron chi connectivity index (χ4n) is 2.81. The smallest absolute Gasteiger partial charge is 0.128 e. The van der Waals surface area contributed by atoms with Gasteiger partial charge in [0.25, 0.3) is 0 Å². The molecule has 1 N–H and O–H groups in total. The van der Waals surface area contributed by atoms with Crippen LogP contribution < -0.4 is 4.74 Å². The second-order valence-electron chi connectivity index (χ2n) is 5.61. The molecular weight excluding hydrogens is 240 g/mol. The summed E-state index contributed by atoms with van der Waals surface area (Å²) < 4.78 is 5.45. The van der Waals surface area contributed by atoms with E-state index in [1.165, 1.54) is 0 Å². The van der Waals surface area contributed by atoms with Gasteiger partial charge in [-0.1, -0.05) is 6.92 Å². The molecule has 1 aromatic heterocycles. The normalized spacial score (nSPS) is 24.5. The molecule has 0 amide bonds. The van der Waals surface area contributed by atoms with Crippen LogP contribution in [-0.4, -0.2) is 41.3 Å². The van der Waals surface area contributed by atoms with Crippen LogP contribution in [0.5, 0.6) is 5.75 Å². The maximum absolute atomic E-state index is 9.77. The molecule has 1 fully saturated rings. The molecule has 2 rings (SSSR count). The third-order valence-electron chi connectivity index (χ3n) is 4.07. The van der Waals surface area contributed by atoms with E-state index < -0.39 is 0 Å². The number of ether oxygens (including phenoxy) is 1. The maximum atomic E-state index is 9.77. The summed E-state index contributed by atoms with van der Waals surface area (Å²) in [6, 6.07) is 0. The van der Waals surface area contributed by atoms with Crippen LogP contribution in [0.4, 0.5) is 0 Å². The SMILES string of the molecule is COc1c(C)cnc(CN2CCC(O)C(C)C2)c1C. The molecule has 0 saturated carbocycles. The molecule has 0 aromatic carbocycles. The number of methoxy groups -OCH3 is 1. The molecule has 1 saturated heterocycles. The largest absolute Gasteiger partial charge is 0.496 e. The summed E-state index contributed by atoms with van der Waals surface area (Å²) in [6.45, 7) is 8.88. The lowest BCUT2D eigenvalue weighted by Gasteiger charge is -2.34. The highest BCUT2D eigenvalue weighted by Gasteiger charge is 2.25. The van der Waals surface area contributed by atoms with Crippen molar-refractivity contribution >= 4 is 0 Å². The van der Waals surface area contributed by atoms with Gasteiger partial charge in [-0.15, -0.1) is 0 Å². The summed E-state index contributed by atoms with van der Waals surface area (Å²) in [5.74, 6) is 1.27. The first-order chi connectivity index (χ1) is 9.02. The first kappa shape index (κ1) is 14.3. The minimum Gasteiger partial charge on any atom is -0.496 e. The molecule has 4 heteroatoms. The quantitative estimate of drug-likeness (QED) is 0.906. The second kappa shape index (κ2) is 5.88. The van der Waals surface area contributed by atoms with E-state index in [2.05, 4.69) is 23.7 Å². The molecule has 1 aliphatic rings. The van der Waals surface area contributed by atoms with Crippen LogP contribution in [0.2, 0.25) is 0 Å². The molecular formula is C15H24N2O2. The number of piperidine rings is 1. The summed E-state index contributed by atoms with van der Waals surface area (Å²) in [5, 5.41) is 9.77. The van der Waals surface area contributed by atoms with Gasteiger partial charge in [0.2, 0.25) is 0 Å². The Morgan fingerprint density at radius 2 is 2.21 bits per heavy atom. The lowest BCUT2D eigenvalue weighted by molar-refractivity contribution is 0.0314. The lowest BCUT2D eigenvalue weighted by Crippen LogP contribution is -2.41. The van der Waals surface area contributed by atoms with Gasteiger partial charge in [0, 0.05) is 37.0 Å². The van der Waals surface area contributed by atoms with Crippen LogP contribution in [0.25, 0.3) is 0 Å². The summed E-state index contributed by atoms with van der Waals surface area (Å²) in [6.07, 6.45) is 2.57. The summed E-state index contributed by atoms with van der Waals surface area (Å²) >= 11 is 0. The number of aryl methyl sites for hydroxylation is 1. The Bertz CT molecular complexity index is 448. The van der Waals surface area contributed by atoms with Gasteiger partial charge in [-0.2, -0.15) is 0 Å². The maximum Gasteiger partial charge on any atom is 0.128 e. The van der Waals surface area contributed by atoms with E-state index in [9.17, 15) is 5.11 Å². The zero-order chi connectivity index (χ0) is 14.0. The predicted molar refractivity (Wildman–Crippen MR) is 75.3 cm³/mol. The highest BCUT2D eigenvalue weighted by atomic mass is 16.5. The number of hydrogen-bond acceptors (Lipinski definition) is 4. The summed E-state index contributed by atoms with van der Waals surface area (Å²) in [7, 11) is 1.71. The van der Waals surface area contributed by atoms with Crippen LogP contribution in [0, 0.1) is 19.8 Å². The van der Waals surface area contributed by atoms with E-state index >= 15 is 0 Å². The van der Waals surface area contributed by atoms with Gasteiger partial charge >= 0.3 is 0 Å². The van der Waals surface area contributed by atoms with E-state index in [0.29, 0.717) is 5.92 Å². The van der Waals surface area contributed by atoms with Gasteiger partial charge in [-0.25, -0.2) is 0 Å². The van der Waals surface area contributed by atoms with Gasteiger partial charge in [-0.05, 0) is 26.2 Å². The number of nitrogens with zero attached hydrogens (tertiary/aromatic N) is 2. The summed E-state index contributed by atoms with van der Waals surface area (Å²) in [4.78, 5) is 6.90. The Hall–Kier alpha value is -1.13. The highest BCUT2D eigenvalue weighted by molar-refractivity contribution is 5.41. The zero-order valence-corrected chi connectivity index (χ0v) is 12.3. The van der Waals surface area contributed by atoms with Crippen molar-refractivity contribution in [2.24, 2.45) is 5.92 Å². The number of pyridine rings is 1. The standard InChI is InChI=1S/C15H24N2O2/c1-10-7-16-13(12(3)15(10)19-4)9-17-6-5-14(18)11(2)8-17/h7,11,14,18H,5-6,8-9H2,1-4H3. The number of hydrogen-bond donors (Lipinski definition) is 1. The van der Waals surface area contributed by atoms with E-state index in [1.807, 2.05) is 13.1 Å². The van der Waals surface area contributed by atoms with Crippen molar-refractivity contribution in [3.05, 3.63) is 23.0 Å². The molecule has 19 heavy (non-hydrogen) atoms. The van der Waals surface area contributed by atoms with Crippen LogP contribution in [-0.2, 0) is 6.54 Å². The fraction of sp³-hybridized carbons (Fsp3) is 0.667. The van der Waals surface area contributed by atoms with Crippen molar-refractivity contribution in [3.8, 4) is 5.75 Å². The molecule has 0 radical (unpaired) electrons. The van der Waals surface area contributed by atoms with Gasteiger partial charge in [-0.3, -0.25) is 9.88 Å². The number of aromatic nitrogens is 1. The third kappa shape index (κ3) is 3.07. The number of aliphatic hydroxyl groups excluding tert-OH is 1. The van der Waals surface area contributed by atoms with Gasteiger partial charge in [0.1, 0.15) is 5.75 Å². The average Bonchev–Trinajstić information content (AvgIpc) is 2.38. The van der Waals surface area contributed by atoms with Crippen molar-refractivity contribution in [2.75, 3.05) is 20.2 Å². The molecule has 4 nitrogen and oxygen atoms in total. The van der Waals surface area contributed by atoms with Crippen LogP contribution in [0.3, 0.4) is 0 Å². The molecule has 1 aromatic rings. The first-order valence-corrected chi connectivity index (χ1v) is 6.92. The number of likely N-dealkylation sites (tertiary alicyclic amines) is 1. The zero-order valence-electron chi connectivity index (χ0n) is 12.3.